The van der Waals surface area contributed by atoms with Crippen LogP contribution >= 0.6 is 0 Å². The topological polar surface area (TPSA) is 74.6 Å². The molecular formula is C14H16N2O3. The van der Waals surface area contributed by atoms with Crippen LogP contribution in [0.1, 0.15) is 18.5 Å². The Kier molecular flexibility index (Phi) is 3.75. The third kappa shape index (κ3) is 2.88. The van der Waals surface area contributed by atoms with Crippen molar-refractivity contribution >= 4 is 5.69 Å². The number of benzene rings is 1. The number of hydrogen-bond acceptors (Lipinski definition) is 5. The van der Waals surface area contributed by atoms with Crippen molar-refractivity contribution < 1.29 is 14.9 Å². The Morgan fingerprint density at radius 3 is 2.37 bits per heavy atom. The van der Waals surface area contributed by atoms with Crippen LogP contribution in [0.15, 0.2) is 36.5 Å². The predicted molar refractivity (Wildman–Crippen MR) is 72.6 cm³/mol. The summed E-state index contributed by atoms with van der Waals surface area (Å²) in [6.45, 7) is 1.85. The van der Waals surface area contributed by atoms with Crippen LogP contribution in [0, 0.1) is 0 Å². The maximum Gasteiger partial charge on any atom is 0.213 e. The van der Waals surface area contributed by atoms with E-state index in [0.717, 1.165) is 5.69 Å². The maximum absolute atomic E-state index is 9.79. The molecule has 5 heteroatoms. The fourth-order valence-corrected chi connectivity index (χ4v) is 1.89. The van der Waals surface area contributed by atoms with Crippen molar-refractivity contribution in [1.29, 1.82) is 0 Å². The zero-order valence-electron chi connectivity index (χ0n) is 10.8. The number of phenols is 2. The minimum Gasteiger partial charge on any atom is -0.507 e. The quantitative estimate of drug-likeness (QED) is 0.788. The van der Waals surface area contributed by atoms with E-state index < -0.39 is 0 Å². The van der Waals surface area contributed by atoms with Crippen LogP contribution in [-0.4, -0.2) is 22.3 Å². The smallest absolute Gasteiger partial charge is 0.213 e. The van der Waals surface area contributed by atoms with Gasteiger partial charge in [-0.25, -0.2) is 4.98 Å². The molecule has 0 saturated carbocycles. The Morgan fingerprint density at radius 2 is 1.84 bits per heavy atom. The van der Waals surface area contributed by atoms with Crippen LogP contribution in [0.5, 0.6) is 17.4 Å². The largest absolute Gasteiger partial charge is 0.507 e. The molecule has 2 aromatic rings. The number of rotatable bonds is 4. The number of nitrogens with zero attached hydrogens (tertiary/aromatic N) is 1. The van der Waals surface area contributed by atoms with Gasteiger partial charge in [-0.1, -0.05) is 6.07 Å². The standard InChI is InChI=1S/C14H16N2O3/c1-9(14-11(17)4-3-5-12(14)18)16-10-6-7-13(19-2)15-8-10/h3-9,16-18H,1-2H3. The zero-order chi connectivity index (χ0) is 13.8. The second kappa shape index (κ2) is 5.48. The van der Waals surface area contributed by atoms with Crippen molar-refractivity contribution in [2.24, 2.45) is 0 Å². The van der Waals surface area contributed by atoms with Gasteiger partial charge in [0.2, 0.25) is 5.88 Å². The van der Waals surface area contributed by atoms with Crippen molar-refractivity contribution in [3.63, 3.8) is 0 Å². The van der Waals surface area contributed by atoms with Gasteiger partial charge in [0.1, 0.15) is 11.5 Å². The summed E-state index contributed by atoms with van der Waals surface area (Å²) in [6.07, 6.45) is 1.63. The lowest BCUT2D eigenvalue weighted by atomic mass is 10.1. The van der Waals surface area contributed by atoms with Gasteiger partial charge in [0.05, 0.1) is 30.6 Å². The lowest BCUT2D eigenvalue weighted by molar-refractivity contribution is 0.398. The Labute approximate surface area is 111 Å². The number of aromatic nitrogens is 1. The van der Waals surface area contributed by atoms with Gasteiger partial charge in [-0.15, -0.1) is 0 Å². The second-order valence-electron chi connectivity index (χ2n) is 4.17. The van der Waals surface area contributed by atoms with Crippen LogP contribution in [0.25, 0.3) is 0 Å². The monoisotopic (exact) mass is 260 g/mol. The number of ether oxygens (including phenoxy) is 1. The molecule has 0 spiro atoms. The number of anilines is 1. The van der Waals surface area contributed by atoms with Crippen LogP contribution in [0.3, 0.4) is 0 Å². The molecule has 19 heavy (non-hydrogen) atoms. The Hall–Kier alpha value is -2.43. The molecule has 0 fully saturated rings. The lowest BCUT2D eigenvalue weighted by Crippen LogP contribution is -2.07. The second-order valence-corrected chi connectivity index (χ2v) is 4.17. The minimum atomic E-state index is -0.253. The van der Waals surface area contributed by atoms with Crippen molar-refractivity contribution in [1.82, 2.24) is 4.98 Å². The number of phenolic OH excluding ortho intramolecular Hbond substituents is 2. The molecule has 1 unspecified atom stereocenters. The van der Waals surface area contributed by atoms with Crippen LogP contribution in [-0.2, 0) is 0 Å². The summed E-state index contributed by atoms with van der Waals surface area (Å²) in [5.74, 6) is 0.645. The average molecular weight is 260 g/mol. The summed E-state index contributed by atoms with van der Waals surface area (Å²) in [7, 11) is 1.55. The molecule has 2 rings (SSSR count). The predicted octanol–water partition coefficient (Wildman–Crippen LogP) is 2.67. The molecule has 3 N–H and O–H groups in total. The molecule has 100 valence electrons. The highest BCUT2D eigenvalue weighted by Gasteiger charge is 2.14. The molecule has 1 heterocycles. The average Bonchev–Trinajstić information content (AvgIpc) is 2.39. The van der Waals surface area contributed by atoms with Gasteiger partial charge in [0.25, 0.3) is 0 Å². The number of nitrogens with one attached hydrogen (secondary N) is 1. The summed E-state index contributed by atoms with van der Waals surface area (Å²) >= 11 is 0. The van der Waals surface area contributed by atoms with Gasteiger partial charge in [-0.2, -0.15) is 0 Å². The molecule has 0 aliphatic heterocycles. The molecule has 0 aliphatic carbocycles. The highest BCUT2D eigenvalue weighted by molar-refractivity contribution is 5.51. The minimum absolute atomic E-state index is 0.0569. The molecule has 0 bridgehead atoms. The molecule has 0 aliphatic rings. The molecule has 5 nitrogen and oxygen atoms in total. The van der Waals surface area contributed by atoms with Gasteiger partial charge >= 0.3 is 0 Å². The normalized spacial score (nSPS) is 11.9. The van der Waals surface area contributed by atoms with Gasteiger partial charge in [-0.05, 0) is 25.1 Å². The summed E-state index contributed by atoms with van der Waals surface area (Å²) in [5, 5.41) is 22.7. The molecule has 1 aromatic carbocycles. The van der Waals surface area contributed by atoms with E-state index in [1.807, 2.05) is 13.0 Å². The fraction of sp³-hybridized carbons (Fsp3) is 0.214. The fourth-order valence-electron chi connectivity index (χ4n) is 1.89. The maximum atomic E-state index is 9.79. The van der Waals surface area contributed by atoms with Crippen LogP contribution in [0.2, 0.25) is 0 Å². The molecule has 0 saturated heterocycles. The van der Waals surface area contributed by atoms with Crippen LogP contribution in [0.4, 0.5) is 5.69 Å². The first-order chi connectivity index (χ1) is 9.11. The van der Waals surface area contributed by atoms with Crippen molar-refractivity contribution in [3.05, 3.63) is 42.1 Å². The molecule has 0 radical (unpaired) electrons. The van der Waals surface area contributed by atoms with Gasteiger partial charge < -0.3 is 20.3 Å². The molecule has 1 aromatic heterocycles. The van der Waals surface area contributed by atoms with Crippen molar-refractivity contribution in [2.75, 3.05) is 12.4 Å². The molecule has 0 amide bonds. The highest BCUT2D eigenvalue weighted by Crippen LogP contribution is 2.34. The van der Waals surface area contributed by atoms with Crippen LogP contribution < -0.4 is 10.1 Å². The highest BCUT2D eigenvalue weighted by atomic mass is 16.5. The van der Waals surface area contributed by atoms with Gasteiger partial charge in [-0.3, -0.25) is 0 Å². The van der Waals surface area contributed by atoms with E-state index in [1.54, 1.807) is 37.6 Å². The van der Waals surface area contributed by atoms with E-state index in [1.165, 1.54) is 0 Å². The number of aromatic hydroxyl groups is 2. The summed E-state index contributed by atoms with van der Waals surface area (Å²) in [4.78, 5) is 4.08. The third-order valence-corrected chi connectivity index (χ3v) is 2.82. The number of pyridine rings is 1. The Balaban J connectivity index is 2.18. The van der Waals surface area contributed by atoms with Crippen molar-refractivity contribution in [3.8, 4) is 17.4 Å². The zero-order valence-corrected chi connectivity index (χ0v) is 10.8. The van der Waals surface area contributed by atoms with Gasteiger partial charge in [0.15, 0.2) is 0 Å². The number of hydrogen-bond donors (Lipinski definition) is 3. The van der Waals surface area contributed by atoms with E-state index in [-0.39, 0.29) is 17.5 Å². The SMILES string of the molecule is COc1ccc(NC(C)c2c(O)cccc2O)cn1. The van der Waals surface area contributed by atoms with E-state index in [4.69, 9.17) is 4.74 Å². The first-order valence-corrected chi connectivity index (χ1v) is 5.89. The lowest BCUT2D eigenvalue weighted by Gasteiger charge is -2.17. The summed E-state index contributed by atoms with van der Waals surface area (Å²) in [5.41, 5.74) is 1.23. The summed E-state index contributed by atoms with van der Waals surface area (Å²) in [6, 6.07) is 7.98. The van der Waals surface area contributed by atoms with E-state index in [9.17, 15) is 10.2 Å². The van der Waals surface area contributed by atoms with Crippen molar-refractivity contribution in [2.45, 2.75) is 13.0 Å². The van der Waals surface area contributed by atoms with Gasteiger partial charge in [0, 0.05) is 6.07 Å². The number of methoxy groups -OCH3 is 1. The first kappa shape index (κ1) is 13.0. The molecular weight excluding hydrogens is 244 g/mol. The first-order valence-electron chi connectivity index (χ1n) is 5.89. The van der Waals surface area contributed by atoms with E-state index in [0.29, 0.717) is 11.4 Å². The Bertz CT molecular complexity index is 535. The van der Waals surface area contributed by atoms with E-state index >= 15 is 0 Å². The van der Waals surface area contributed by atoms with E-state index in [2.05, 4.69) is 10.3 Å². The third-order valence-electron chi connectivity index (χ3n) is 2.82. The molecule has 1 atom stereocenters. The Morgan fingerprint density at radius 1 is 1.16 bits per heavy atom. The summed E-state index contributed by atoms with van der Waals surface area (Å²) < 4.78 is 4.98.